The fourth-order valence-electron chi connectivity index (χ4n) is 1.64. The number of amides is 2. The highest BCUT2D eigenvalue weighted by Gasteiger charge is 2.15. The van der Waals surface area contributed by atoms with Crippen LogP contribution in [0, 0.1) is 0 Å². The zero-order chi connectivity index (χ0) is 15.4. The van der Waals surface area contributed by atoms with Gasteiger partial charge in [-0.25, -0.2) is 9.59 Å². The molecule has 0 aliphatic carbocycles. The summed E-state index contributed by atoms with van der Waals surface area (Å²) in [5, 5.41) is 14.8. The summed E-state index contributed by atoms with van der Waals surface area (Å²) in [7, 11) is 0. The molecule has 0 saturated heterocycles. The van der Waals surface area contributed by atoms with Crippen LogP contribution in [0.4, 0.5) is 16.2 Å². The van der Waals surface area contributed by atoms with Crippen LogP contribution in [0.25, 0.3) is 0 Å². The summed E-state index contributed by atoms with van der Waals surface area (Å²) in [6.45, 7) is 0. The van der Waals surface area contributed by atoms with Crippen LogP contribution in [-0.4, -0.2) is 17.1 Å². The highest BCUT2D eigenvalue weighted by atomic mass is 79.9. The van der Waals surface area contributed by atoms with Crippen molar-refractivity contribution in [3.8, 4) is 0 Å². The molecule has 5 nitrogen and oxygen atoms in total. The van der Waals surface area contributed by atoms with E-state index >= 15 is 0 Å². The van der Waals surface area contributed by atoms with E-state index in [2.05, 4.69) is 26.6 Å². The average Bonchev–Trinajstić information content (AvgIpc) is 2.43. The number of hydrogen-bond donors (Lipinski definition) is 3. The van der Waals surface area contributed by atoms with E-state index in [1.54, 1.807) is 36.4 Å². The maximum absolute atomic E-state index is 11.9. The van der Waals surface area contributed by atoms with Gasteiger partial charge in [0.15, 0.2) is 0 Å². The molecular formula is C14H10BrClN2O3. The number of benzene rings is 2. The van der Waals surface area contributed by atoms with Crippen LogP contribution >= 0.6 is 27.5 Å². The molecule has 0 saturated carbocycles. The number of carbonyl (C=O) groups is 2. The molecule has 7 heteroatoms. The van der Waals surface area contributed by atoms with Gasteiger partial charge < -0.3 is 15.7 Å². The highest BCUT2D eigenvalue weighted by molar-refractivity contribution is 9.10. The number of urea groups is 1. The molecule has 3 N–H and O–H groups in total. The summed E-state index contributed by atoms with van der Waals surface area (Å²) in [5.41, 5.74) is 0.730. The molecule has 2 amide bonds. The molecule has 2 rings (SSSR count). The van der Waals surface area contributed by atoms with Crippen molar-refractivity contribution in [1.29, 1.82) is 0 Å². The Morgan fingerprint density at radius 2 is 1.71 bits per heavy atom. The number of para-hydroxylation sites is 1. The summed E-state index contributed by atoms with van der Waals surface area (Å²) in [4.78, 5) is 23.1. The fraction of sp³-hybridized carbons (Fsp3) is 0. The molecule has 0 aromatic heterocycles. The molecule has 0 heterocycles. The van der Waals surface area contributed by atoms with Gasteiger partial charge in [-0.15, -0.1) is 0 Å². The van der Waals surface area contributed by atoms with Gasteiger partial charge in [-0.2, -0.15) is 0 Å². The molecule has 0 bridgehead atoms. The van der Waals surface area contributed by atoms with Gasteiger partial charge in [0.2, 0.25) is 0 Å². The van der Waals surface area contributed by atoms with Gasteiger partial charge in [0.1, 0.15) is 0 Å². The Morgan fingerprint density at radius 1 is 1.05 bits per heavy atom. The van der Waals surface area contributed by atoms with Crippen molar-refractivity contribution in [2.24, 2.45) is 0 Å². The second-order valence-electron chi connectivity index (χ2n) is 4.05. The minimum Gasteiger partial charge on any atom is -0.478 e. The van der Waals surface area contributed by atoms with Gasteiger partial charge in [-0.05, 0) is 52.3 Å². The number of aromatic carboxylic acids is 1. The summed E-state index contributed by atoms with van der Waals surface area (Å²) >= 11 is 8.97. The van der Waals surface area contributed by atoms with Crippen molar-refractivity contribution in [2.45, 2.75) is 0 Å². The van der Waals surface area contributed by atoms with E-state index in [0.29, 0.717) is 15.2 Å². The Kier molecular flexibility index (Phi) is 4.82. The van der Waals surface area contributed by atoms with Crippen LogP contribution in [0.3, 0.4) is 0 Å². The summed E-state index contributed by atoms with van der Waals surface area (Å²) in [6, 6.07) is 10.6. The van der Waals surface area contributed by atoms with E-state index in [9.17, 15) is 9.59 Å². The predicted octanol–water partition coefficient (Wildman–Crippen LogP) is 4.44. The number of nitrogens with one attached hydrogen (secondary N) is 2. The molecule has 0 atom stereocenters. The third-order valence-electron chi connectivity index (χ3n) is 2.58. The first-order valence-corrected chi connectivity index (χ1v) is 7.00. The van der Waals surface area contributed by atoms with Crippen LogP contribution in [0.2, 0.25) is 5.02 Å². The summed E-state index contributed by atoms with van der Waals surface area (Å²) in [5.74, 6) is -1.13. The smallest absolute Gasteiger partial charge is 0.337 e. The van der Waals surface area contributed by atoms with Gasteiger partial charge >= 0.3 is 12.0 Å². The zero-order valence-corrected chi connectivity index (χ0v) is 12.9. The Labute approximate surface area is 134 Å². The number of halogens is 2. The van der Waals surface area contributed by atoms with E-state index in [-0.39, 0.29) is 11.3 Å². The number of carbonyl (C=O) groups excluding carboxylic acids is 1. The van der Waals surface area contributed by atoms with E-state index < -0.39 is 12.0 Å². The second-order valence-corrected chi connectivity index (χ2v) is 5.34. The number of carboxylic acids is 1. The molecule has 0 radical (unpaired) electrons. The van der Waals surface area contributed by atoms with Crippen LogP contribution < -0.4 is 10.6 Å². The third kappa shape index (κ3) is 3.96. The molecule has 0 aliphatic heterocycles. The SMILES string of the molecule is O=C(Nc1ccc(Cl)cc1)Nc1c(Br)cccc1C(=O)O. The van der Waals surface area contributed by atoms with Gasteiger partial charge in [0.05, 0.1) is 11.3 Å². The van der Waals surface area contributed by atoms with E-state index in [0.717, 1.165) is 0 Å². The maximum atomic E-state index is 11.9. The lowest BCUT2D eigenvalue weighted by atomic mass is 10.2. The Hall–Kier alpha value is -2.05. The van der Waals surface area contributed by atoms with E-state index in [1.807, 2.05) is 0 Å². The first-order chi connectivity index (χ1) is 9.97. The monoisotopic (exact) mass is 368 g/mol. The third-order valence-corrected chi connectivity index (χ3v) is 3.50. The number of rotatable bonds is 3. The fourth-order valence-corrected chi connectivity index (χ4v) is 2.23. The topological polar surface area (TPSA) is 78.4 Å². The van der Waals surface area contributed by atoms with Crippen molar-refractivity contribution in [3.63, 3.8) is 0 Å². The largest absolute Gasteiger partial charge is 0.478 e. The van der Waals surface area contributed by atoms with Crippen molar-refractivity contribution in [2.75, 3.05) is 10.6 Å². The second kappa shape index (κ2) is 6.60. The predicted molar refractivity (Wildman–Crippen MR) is 85.2 cm³/mol. The zero-order valence-electron chi connectivity index (χ0n) is 10.6. The molecule has 2 aromatic carbocycles. The Morgan fingerprint density at radius 3 is 2.33 bits per heavy atom. The van der Waals surface area contributed by atoms with Gasteiger partial charge in [0, 0.05) is 15.2 Å². The highest BCUT2D eigenvalue weighted by Crippen LogP contribution is 2.26. The number of anilines is 2. The van der Waals surface area contributed by atoms with Gasteiger partial charge in [-0.3, -0.25) is 0 Å². The molecule has 0 aliphatic rings. The summed E-state index contributed by atoms with van der Waals surface area (Å²) < 4.78 is 0.480. The van der Waals surface area contributed by atoms with Crippen molar-refractivity contribution in [3.05, 3.63) is 57.5 Å². The minimum absolute atomic E-state index is 0.00405. The molecule has 0 fully saturated rings. The van der Waals surface area contributed by atoms with Crippen molar-refractivity contribution < 1.29 is 14.7 Å². The van der Waals surface area contributed by atoms with Gasteiger partial charge in [0.25, 0.3) is 0 Å². The van der Waals surface area contributed by atoms with E-state index in [4.69, 9.17) is 16.7 Å². The van der Waals surface area contributed by atoms with Crippen molar-refractivity contribution in [1.82, 2.24) is 0 Å². The van der Waals surface area contributed by atoms with Crippen molar-refractivity contribution >= 4 is 50.9 Å². The normalized spacial score (nSPS) is 10.0. The Balaban J connectivity index is 2.16. The first-order valence-electron chi connectivity index (χ1n) is 5.83. The first kappa shape index (κ1) is 15.3. The summed E-state index contributed by atoms with van der Waals surface area (Å²) in [6.07, 6.45) is 0. The van der Waals surface area contributed by atoms with Crippen LogP contribution in [0.15, 0.2) is 46.9 Å². The lowest BCUT2D eigenvalue weighted by Gasteiger charge is -2.11. The van der Waals surface area contributed by atoms with Crippen LogP contribution in [-0.2, 0) is 0 Å². The number of carboxylic acid groups (broad SMARTS) is 1. The molecule has 108 valence electrons. The Bertz CT molecular complexity index is 689. The van der Waals surface area contributed by atoms with Crippen LogP contribution in [0.5, 0.6) is 0 Å². The molecule has 0 spiro atoms. The standard InChI is InChI=1S/C14H10BrClN2O3/c15-11-3-1-2-10(13(19)20)12(11)18-14(21)17-9-6-4-8(16)5-7-9/h1-7H,(H,19,20)(H2,17,18,21). The molecular weight excluding hydrogens is 360 g/mol. The lowest BCUT2D eigenvalue weighted by Crippen LogP contribution is -2.21. The van der Waals surface area contributed by atoms with Crippen LogP contribution in [0.1, 0.15) is 10.4 Å². The van der Waals surface area contributed by atoms with E-state index in [1.165, 1.54) is 6.07 Å². The lowest BCUT2D eigenvalue weighted by molar-refractivity contribution is 0.0698. The van der Waals surface area contributed by atoms with Gasteiger partial charge in [-0.1, -0.05) is 17.7 Å². The molecule has 0 unspecified atom stereocenters. The molecule has 2 aromatic rings. The minimum atomic E-state index is -1.13. The number of hydrogen-bond acceptors (Lipinski definition) is 2. The average molecular weight is 370 g/mol. The quantitative estimate of drug-likeness (QED) is 0.748. The maximum Gasteiger partial charge on any atom is 0.337 e. The molecule has 21 heavy (non-hydrogen) atoms.